The van der Waals surface area contributed by atoms with Crippen molar-refractivity contribution in [2.45, 2.75) is 25.3 Å². The summed E-state index contributed by atoms with van der Waals surface area (Å²) in [6, 6.07) is 1.00. The largest absolute Gasteiger partial charge is 0.317 e. The quantitative estimate of drug-likeness (QED) is 0.507. The molecule has 3 aliphatic heterocycles. The van der Waals surface area contributed by atoms with Gasteiger partial charge in [-0.05, 0) is 44.3 Å². The van der Waals surface area contributed by atoms with Crippen molar-refractivity contribution in [1.82, 2.24) is 10.2 Å². The Bertz CT molecular complexity index is 172. The summed E-state index contributed by atoms with van der Waals surface area (Å²) in [5, 5.41) is 3.46. The summed E-state index contributed by atoms with van der Waals surface area (Å²) in [4.78, 5) is 2.64. The molecule has 3 heterocycles. The molecule has 3 aliphatic rings. The summed E-state index contributed by atoms with van der Waals surface area (Å²) in [7, 11) is 0. The number of hydrogen-bond donors (Lipinski definition) is 1. The monoisotopic (exact) mass is 152 g/mol. The maximum atomic E-state index is 3.46. The van der Waals surface area contributed by atoms with Gasteiger partial charge >= 0.3 is 0 Å². The second-order valence-electron chi connectivity index (χ2n) is 4.37. The highest BCUT2D eigenvalue weighted by molar-refractivity contribution is 5.10. The van der Waals surface area contributed by atoms with E-state index >= 15 is 0 Å². The number of nitrogens with zero attached hydrogens (tertiary/aromatic N) is 1. The first-order chi connectivity index (χ1) is 5.41. The van der Waals surface area contributed by atoms with Crippen molar-refractivity contribution in [3.63, 3.8) is 0 Å². The fourth-order valence-electron chi connectivity index (χ4n) is 3.04. The molecule has 1 N–H and O–H groups in total. The van der Waals surface area contributed by atoms with Crippen LogP contribution in [-0.2, 0) is 0 Å². The molecule has 2 atom stereocenters. The number of nitrogens with one attached hydrogen (secondary N) is 1. The number of fused-ring (bicyclic) bond motifs is 2. The van der Waals surface area contributed by atoms with E-state index in [4.69, 9.17) is 0 Å². The van der Waals surface area contributed by atoms with Gasteiger partial charge in [-0.25, -0.2) is 0 Å². The Morgan fingerprint density at radius 2 is 2.00 bits per heavy atom. The maximum absolute atomic E-state index is 3.46. The molecule has 0 aliphatic carbocycles. The van der Waals surface area contributed by atoms with Crippen LogP contribution >= 0.6 is 0 Å². The first-order valence-electron chi connectivity index (χ1n) is 4.86. The highest BCUT2D eigenvalue weighted by Crippen LogP contribution is 2.50. The zero-order valence-electron chi connectivity index (χ0n) is 6.97. The van der Waals surface area contributed by atoms with Crippen LogP contribution in [0.3, 0.4) is 0 Å². The fraction of sp³-hybridized carbons (Fsp3) is 1.00. The van der Waals surface area contributed by atoms with Gasteiger partial charge in [0.15, 0.2) is 0 Å². The van der Waals surface area contributed by atoms with Crippen LogP contribution in [0.5, 0.6) is 0 Å². The van der Waals surface area contributed by atoms with Crippen molar-refractivity contribution in [1.29, 1.82) is 0 Å². The van der Waals surface area contributed by atoms with E-state index in [0.29, 0.717) is 0 Å². The van der Waals surface area contributed by atoms with Crippen LogP contribution in [0.4, 0.5) is 0 Å². The molecule has 0 aromatic rings. The highest BCUT2D eigenvalue weighted by Gasteiger charge is 2.55. The normalized spacial score (nSPS) is 45.8. The van der Waals surface area contributed by atoms with E-state index < -0.39 is 0 Å². The molecule has 0 aromatic heterocycles. The number of rotatable bonds is 0. The second kappa shape index (κ2) is 1.99. The Morgan fingerprint density at radius 1 is 1.18 bits per heavy atom. The van der Waals surface area contributed by atoms with Gasteiger partial charge in [-0.2, -0.15) is 0 Å². The van der Waals surface area contributed by atoms with Gasteiger partial charge in [-0.15, -0.1) is 0 Å². The molecule has 11 heavy (non-hydrogen) atoms. The van der Waals surface area contributed by atoms with Crippen molar-refractivity contribution in [2.24, 2.45) is 5.41 Å². The molecule has 0 aromatic carbocycles. The summed E-state index contributed by atoms with van der Waals surface area (Å²) in [6.07, 6.45) is 4.36. The lowest BCUT2D eigenvalue weighted by atomic mass is 9.75. The molecule has 0 radical (unpaired) electrons. The molecule has 2 heteroatoms. The summed E-state index contributed by atoms with van der Waals surface area (Å²) in [5.41, 5.74) is 0.769. The summed E-state index contributed by atoms with van der Waals surface area (Å²) >= 11 is 0. The molecule has 3 fully saturated rings. The Balaban J connectivity index is 1.81. The zero-order valence-corrected chi connectivity index (χ0v) is 6.97. The van der Waals surface area contributed by atoms with Gasteiger partial charge in [0.25, 0.3) is 0 Å². The van der Waals surface area contributed by atoms with Crippen LogP contribution in [0.1, 0.15) is 19.3 Å². The van der Waals surface area contributed by atoms with Crippen LogP contribution in [0.15, 0.2) is 0 Å². The second-order valence-corrected chi connectivity index (χ2v) is 4.37. The third-order valence-corrected chi connectivity index (χ3v) is 3.92. The van der Waals surface area contributed by atoms with Crippen molar-refractivity contribution in [3.05, 3.63) is 0 Å². The average molecular weight is 152 g/mol. The molecule has 3 rings (SSSR count). The van der Waals surface area contributed by atoms with Gasteiger partial charge in [-0.1, -0.05) is 0 Å². The molecule has 3 saturated heterocycles. The van der Waals surface area contributed by atoms with E-state index in [1.54, 1.807) is 0 Å². The van der Waals surface area contributed by atoms with E-state index in [-0.39, 0.29) is 0 Å². The Kier molecular flexibility index (Phi) is 1.16. The van der Waals surface area contributed by atoms with E-state index in [0.717, 1.165) is 11.5 Å². The van der Waals surface area contributed by atoms with Gasteiger partial charge in [0.05, 0.1) is 0 Å². The molecule has 2 unspecified atom stereocenters. The Labute approximate surface area is 68.0 Å². The molecule has 2 nitrogen and oxygen atoms in total. The van der Waals surface area contributed by atoms with Crippen molar-refractivity contribution >= 4 is 0 Å². The first-order valence-corrected chi connectivity index (χ1v) is 4.86. The van der Waals surface area contributed by atoms with Gasteiger partial charge in [0.2, 0.25) is 0 Å². The number of piperidine rings is 2. The van der Waals surface area contributed by atoms with Gasteiger partial charge in [0, 0.05) is 12.6 Å². The number of hydrogen-bond acceptors (Lipinski definition) is 2. The summed E-state index contributed by atoms with van der Waals surface area (Å²) in [5.74, 6) is 0. The summed E-state index contributed by atoms with van der Waals surface area (Å²) < 4.78 is 0. The Morgan fingerprint density at radius 3 is 2.55 bits per heavy atom. The first kappa shape index (κ1) is 6.44. The third-order valence-electron chi connectivity index (χ3n) is 3.92. The van der Waals surface area contributed by atoms with Crippen LogP contribution in [0.2, 0.25) is 0 Å². The van der Waals surface area contributed by atoms with Crippen LogP contribution < -0.4 is 5.32 Å². The molecule has 0 amide bonds. The standard InChI is InChI=1S/C9H16N2/c1-4-10-5-2-9(1)3-6-11-7-8(9)11/h8,10H,1-7H2. The van der Waals surface area contributed by atoms with Crippen molar-refractivity contribution in [3.8, 4) is 0 Å². The van der Waals surface area contributed by atoms with Crippen molar-refractivity contribution < 1.29 is 0 Å². The van der Waals surface area contributed by atoms with Crippen LogP contribution in [0.25, 0.3) is 0 Å². The molecule has 1 spiro atoms. The lowest BCUT2D eigenvalue weighted by molar-refractivity contribution is 0.209. The predicted molar refractivity (Wildman–Crippen MR) is 44.5 cm³/mol. The SMILES string of the molecule is C1CC2(CCN1)CCN1CC12. The van der Waals surface area contributed by atoms with Crippen molar-refractivity contribution in [2.75, 3.05) is 26.2 Å². The van der Waals surface area contributed by atoms with Crippen LogP contribution in [-0.4, -0.2) is 37.1 Å². The Hall–Kier alpha value is -0.0800. The summed E-state index contributed by atoms with van der Waals surface area (Å²) in [6.45, 7) is 5.35. The predicted octanol–water partition coefficient (Wildman–Crippen LogP) is 0.444. The van der Waals surface area contributed by atoms with E-state index in [2.05, 4.69) is 10.2 Å². The molecular weight excluding hydrogens is 136 g/mol. The molecule has 62 valence electrons. The third kappa shape index (κ3) is 0.798. The fourth-order valence-corrected chi connectivity index (χ4v) is 3.04. The van der Waals surface area contributed by atoms with Gasteiger partial charge in [0.1, 0.15) is 0 Å². The molecule has 0 saturated carbocycles. The lowest BCUT2D eigenvalue weighted by Gasteiger charge is -2.34. The maximum Gasteiger partial charge on any atom is 0.0281 e. The van der Waals surface area contributed by atoms with Gasteiger partial charge < -0.3 is 5.32 Å². The molecular formula is C9H16N2. The minimum absolute atomic E-state index is 0.769. The minimum atomic E-state index is 0.769. The zero-order chi connectivity index (χ0) is 7.31. The van der Waals surface area contributed by atoms with Crippen LogP contribution in [0, 0.1) is 5.41 Å². The van der Waals surface area contributed by atoms with Gasteiger partial charge in [-0.3, -0.25) is 4.90 Å². The van der Waals surface area contributed by atoms with E-state index in [9.17, 15) is 0 Å². The van der Waals surface area contributed by atoms with E-state index in [1.165, 1.54) is 45.4 Å². The molecule has 0 bridgehead atoms. The highest BCUT2D eigenvalue weighted by atomic mass is 15.3. The minimum Gasteiger partial charge on any atom is -0.317 e. The average Bonchev–Trinajstić information content (AvgIpc) is 2.77. The van der Waals surface area contributed by atoms with E-state index in [1.807, 2.05) is 0 Å². The smallest absolute Gasteiger partial charge is 0.0281 e. The topological polar surface area (TPSA) is 15.0 Å². The lowest BCUT2D eigenvalue weighted by Crippen LogP contribution is -2.39.